The van der Waals surface area contributed by atoms with Gasteiger partial charge in [0, 0.05) is 160 Å². The first kappa shape index (κ1) is 102. The number of aryl methyl sites for hydroxylation is 14. The SMILES string of the molecule is CC(=O)Cc1cccc(Nc2ncc3c(n2)-c2sc(C(=O)N(C)C)nc2CC3)c1.CN(C)C(=O)c1nc2c(s1)-c1nc(Nc3cccc(S(N)(=O)=O)c3)ncc1CC2.Cc1cc(C)cc(Nc2ncc3c(n2)-c2sc(C(=O)N(C)C)nc2CC3)c1.Cc1cc(C)cc(Nc2ncc3c(n2)-c2sc(C(=O)N4CCNCC4)nc2CC3)c1.NS(=O)(=O)c1cccc(Nc2ncc3c(n2)-c2sc(C(=O)N4CCNCC4)nc2CC3)c1. The molecule has 0 unspecified atom stereocenters. The zero-order valence-corrected chi connectivity index (χ0v) is 88.0. The van der Waals surface area contributed by atoms with E-state index < -0.39 is 20.0 Å². The fourth-order valence-electron chi connectivity index (χ4n) is 17.4. The van der Waals surface area contributed by atoms with Gasteiger partial charge in [0.2, 0.25) is 49.8 Å². The second kappa shape index (κ2) is 44.0. The number of hydrogen-bond donors (Lipinski definition) is 9. The first-order valence-corrected chi connectivity index (χ1v) is 54.5. The fraction of sp³-hybridized carbons (Fsp3) is 0.297. The highest BCUT2D eigenvalue weighted by molar-refractivity contribution is 7.89. The van der Waals surface area contributed by atoms with Crippen molar-refractivity contribution < 1.29 is 45.6 Å². The summed E-state index contributed by atoms with van der Waals surface area (Å²) in [7, 11) is 2.69. The molecular weight excluding hydrogens is 2000 g/mol. The number of nitrogens with one attached hydrogen (secondary N) is 7. The number of benzene rings is 5. The lowest BCUT2D eigenvalue weighted by Crippen LogP contribution is -2.46. The second-order valence-electron chi connectivity index (χ2n) is 36.6. The first-order valence-electron chi connectivity index (χ1n) is 47.3. The monoisotopic (exact) mass is 2110 g/mol. The molecule has 5 aliphatic carbocycles. The Morgan fingerprint density at radius 2 is 0.599 bits per heavy atom. The van der Waals surface area contributed by atoms with Crippen LogP contribution in [-0.4, -0.2) is 246 Å². The molecule has 15 aromatic rings. The van der Waals surface area contributed by atoms with Gasteiger partial charge >= 0.3 is 0 Å². The number of hydrogen-bond acceptors (Lipinski definition) is 37. The molecule has 0 atom stereocenters. The van der Waals surface area contributed by atoms with Crippen molar-refractivity contribution in [3.63, 3.8) is 0 Å². The number of amides is 5. The van der Waals surface area contributed by atoms with E-state index in [2.05, 4.69) is 161 Å². The van der Waals surface area contributed by atoms with Crippen molar-refractivity contribution in [2.75, 3.05) is 121 Å². The number of aromatic nitrogens is 15. The molecule has 2 saturated heterocycles. The number of sulfonamides is 2. The topological polar surface area (TPSA) is 516 Å². The minimum atomic E-state index is -3.81. The highest BCUT2D eigenvalue weighted by Crippen LogP contribution is 2.44. The summed E-state index contributed by atoms with van der Waals surface area (Å²) in [6.45, 7) is 15.9. The van der Waals surface area contributed by atoms with Crippen LogP contribution < -0.4 is 47.5 Å². The van der Waals surface area contributed by atoms with Gasteiger partial charge in [-0.3, -0.25) is 28.8 Å². The molecule has 756 valence electrons. The highest BCUT2D eigenvalue weighted by Gasteiger charge is 2.35. The Hall–Kier alpha value is -14.6. The number of nitrogens with two attached hydrogens (primary N) is 2. The average Bonchev–Trinajstić information content (AvgIpc) is 1.66. The number of carbonyl (C=O) groups excluding carboxylic acids is 6. The summed E-state index contributed by atoms with van der Waals surface area (Å²) in [6, 6.07) is 32.5. The molecule has 2 fully saturated rings. The summed E-state index contributed by atoms with van der Waals surface area (Å²) in [5.41, 5.74) is 23.4. The summed E-state index contributed by atoms with van der Waals surface area (Å²) in [5, 5.41) is 35.3. The maximum atomic E-state index is 12.9. The van der Waals surface area contributed by atoms with Crippen molar-refractivity contribution in [3.05, 3.63) is 249 Å². The fourth-order valence-corrected chi connectivity index (χ4v) is 24.2. The van der Waals surface area contributed by atoms with E-state index >= 15 is 0 Å². The average molecular weight is 2110 g/mol. The van der Waals surface area contributed by atoms with Crippen LogP contribution in [0.1, 0.15) is 140 Å². The van der Waals surface area contributed by atoms with Crippen LogP contribution in [0, 0.1) is 27.7 Å². The number of carbonyl (C=O) groups is 6. The largest absolute Gasteiger partial charge is 0.343 e. The van der Waals surface area contributed by atoms with E-state index in [1.807, 2.05) is 52.7 Å². The Balaban J connectivity index is 0.000000120. The van der Waals surface area contributed by atoms with Crippen molar-refractivity contribution in [2.24, 2.45) is 10.3 Å². The third-order valence-electron chi connectivity index (χ3n) is 24.4. The Morgan fingerprint density at radius 3 is 0.871 bits per heavy atom. The number of piperazine rings is 2. The van der Waals surface area contributed by atoms with Gasteiger partial charge in [0.05, 0.1) is 91.1 Å². The summed E-state index contributed by atoms with van der Waals surface area (Å²) in [5.74, 6) is 2.04. The Labute approximate surface area is 868 Å². The van der Waals surface area contributed by atoms with Gasteiger partial charge in [-0.2, -0.15) is 0 Å². The maximum absolute atomic E-state index is 12.9. The van der Waals surface area contributed by atoms with Crippen molar-refractivity contribution in [1.82, 2.24) is 110 Å². The molecule has 11 N–H and O–H groups in total. The van der Waals surface area contributed by atoms with Gasteiger partial charge < -0.3 is 61.7 Å². The number of anilines is 10. The van der Waals surface area contributed by atoms with Crippen LogP contribution in [0.2, 0.25) is 0 Å². The Kier molecular flexibility index (Phi) is 30.6. The maximum Gasteiger partial charge on any atom is 0.282 e. The van der Waals surface area contributed by atoms with Crippen LogP contribution in [0.5, 0.6) is 0 Å². The van der Waals surface area contributed by atoms with Gasteiger partial charge in [-0.15, -0.1) is 56.7 Å². The molecule has 12 heterocycles. The summed E-state index contributed by atoms with van der Waals surface area (Å²) in [4.78, 5) is 156. The number of thiazole rings is 5. The first-order chi connectivity index (χ1) is 70.5. The summed E-state index contributed by atoms with van der Waals surface area (Å²) >= 11 is 6.94. The van der Waals surface area contributed by atoms with Crippen LogP contribution in [0.15, 0.2) is 150 Å². The molecule has 5 amide bonds. The Morgan fingerprint density at radius 1 is 0.340 bits per heavy atom. The molecule has 22 rings (SSSR count). The van der Waals surface area contributed by atoms with E-state index in [0.717, 1.165) is 235 Å². The standard InChI is InChI=1S/C22H24N6OS.C21H21N5O2S.C20H21N7O3S2.C20H21N5OS.C18H18N6O3S2/c1-13-9-14(2)11-16(10-13)25-22-24-12-15-3-4-17-19(18(15)27-22)30-20(26-17)21(29)28-7-5-23-6-8-28;1-12(27)9-13-5-4-6-15(10-13)23-21-22-11-14-7-8-16-18(17(14)25-21)29-19(24-16)20(28)26(2)3;21-32(29,30)14-3-1-2-13(10-14)24-20-23-11-12-4-5-15-17(16(12)26-20)31-18(25-15)19(28)27-8-6-22-7-9-27;1-11-7-12(2)9-14(8-11)22-20-21-10-13-5-6-15-17(16(13)24-20)27-18(23-15)19(26)25(3)4;1-24(2)17(25)16-22-13-7-6-10-9-20-18(23-14(10)15(13)28-16)21-11-4-3-5-12(8-11)29(19,26)27/h9-12,23H,3-8H2,1-2H3,(H,24,25,27);4-6,10-11H,7-9H2,1-3H3,(H,22,23,25);1-3,10-11,22H,4-9H2,(H2,21,29,30)(H,23,24,26);7-10H,5-6H2,1-4H3,(H,21,22,24);3-5,8-9H,6-7H2,1-2H3,(H2,19,26,27)(H,20,21,23). The lowest BCUT2D eigenvalue weighted by molar-refractivity contribution is -0.116. The zero-order chi connectivity index (χ0) is 103. The molecule has 0 saturated carbocycles. The van der Waals surface area contributed by atoms with Crippen molar-refractivity contribution in [3.8, 4) is 52.9 Å². The number of Topliss-reactive ketones (excluding diaryl/α,β-unsaturated/α-hetero) is 1. The normalized spacial score (nSPS) is 13.7. The van der Waals surface area contributed by atoms with Crippen molar-refractivity contribution >= 4 is 170 Å². The van der Waals surface area contributed by atoms with Gasteiger partial charge in [-0.1, -0.05) is 36.4 Å². The number of ketones is 1. The third kappa shape index (κ3) is 24.2. The molecule has 39 nitrogen and oxygen atoms in total. The van der Waals surface area contributed by atoms with Crippen LogP contribution in [0.25, 0.3) is 52.9 Å². The highest BCUT2D eigenvalue weighted by atomic mass is 32.2. The van der Waals surface area contributed by atoms with Crippen LogP contribution in [0.3, 0.4) is 0 Å². The predicted octanol–water partition coefficient (Wildman–Crippen LogP) is 13.1. The predicted molar refractivity (Wildman–Crippen MR) is 569 cm³/mol. The quantitative estimate of drug-likeness (QED) is 0.0363. The number of rotatable bonds is 19. The van der Waals surface area contributed by atoms with Gasteiger partial charge in [-0.25, -0.2) is 102 Å². The van der Waals surface area contributed by atoms with E-state index in [-0.39, 0.29) is 45.1 Å². The van der Waals surface area contributed by atoms with E-state index in [4.69, 9.17) is 25.2 Å². The molecule has 46 heteroatoms. The van der Waals surface area contributed by atoms with Gasteiger partial charge in [0.25, 0.3) is 29.5 Å². The molecule has 0 spiro atoms. The zero-order valence-electron chi connectivity index (χ0n) is 82.3. The lowest BCUT2D eigenvalue weighted by atomic mass is 10.00. The number of nitrogens with zero attached hydrogens (tertiary/aromatic N) is 20. The number of primary sulfonamides is 2. The number of fused-ring (bicyclic) bond motifs is 15. The minimum Gasteiger partial charge on any atom is -0.343 e. The van der Waals surface area contributed by atoms with Gasteiger partial charge in [0.15, 0.2) is 25.0 Å². The summed E-state index contributed by atoms with van der Waals surface area (Å²) in [6.07, 6.45) is 17.3. The second-order valence-corrected chi connectivity index (χ2v) is 44.7. The smallest absolute Gasteiger partial charge is 0.282 e. The van der Waals surface area contributed by atoms with E-state index in [1.54, 1.807) is 90.8 Å². The molecule has 5 aromatic carbocycles. The van der Waals surface area contributed by atoms with Crippen molar-refractivity contribution in [1.29, 1.82) is 0 Å². The molecule has 2 aliphatic heterocycles. The van der Waals surface area contributed by atoms with Gasteiger partial charge in [0.1, 0.15) is 5.78 Å². The lowest BCUT2D eigenvalue weighted by Gasteiger charge is -2.26. The Bertz CT molecular complexity index is 7860. The summed E-state index contributed by atoms with van der Waals surface area (Å²) < 4.78 is 46.3. The minimum absolute atomic E-state index is 0.00118. The van der Waals surface area contributed by atoms with Crippen molar-refractivity contribution in [2.45, 2.75) is 115 Å². The molecule has 10 aromatic heterocycles. The molecule has 147 heavy (non-hydrogen) atoms. The molecule has 0 bridgehead atoms. The van der Waals surface area contributed by atoms with Crippen LogP contribution >= 0.6 is 56.7 Å². The van der Waals surface area contributed by atoms with E-state index in [1.165, 1.54) is 113 Å². The van der Waals surface area contributed by atoms with E-state index in [0.29, 0.717) is 85.7 Å². The van der Waals surface area contributed by atoms with E-state index in [9.17, 15) is 45.6 Å². The van der Waals surface area contributed by atoms with Crippen LogP contribution in [0.4, 0.5) is 58.2 Å². The molecule has 7 aliphatic rings. The molecule has 0 radical (unpaired) electrons. The molecular formula is C101H105N29O10S7. The third-order valence-corrected chi connectivity index (χ3v) is 31.7. The van der Waals surface area contributed by atoms with Gasteiger partial charge in [-0.05, 0) is 227 Å². The van der Waals surface area contributed by atoms with Crippen LogP contribution in [-0.2, 0) is 95.5 Å².